The maximum absolute atomic E-state index is 6.31. The highest BCUT2D eigenvalue weighted by Crippen LogP contribution is 2.25. The van der Waals surface area contributed by atoms with E-state index < -0.39 is 0 Å². The van der Waals surface area contributed by atoms with Gasteiger partial charge in [-0.3, -0.25) is 9.58 Å². The van der Waals surface area contributed by atoms with Crippen molar-refractivity contribution in [2.75, 3.05) is 19.0 Å². The lowest BCUT2D eigenvalue weighted by Gasteiger charge is -2.16. The summed E-state index contributed by atoms with van der Waals surface area (Å²) in [5.74, 6) is 1.39. The third-order valence-corrected chi connectivity index (χ3v) is 4.34. The molecule has 96 valence electrons. The van der Waals surface area contributed by atoms with Crippen molar-refractivity contribution < 1.29 is 0 Å². The molecule has 2 rings (SSSR count). The van der Waals surface area contributed by atoms with Crippen LogP contribution in [-0.2, 0) is 13.1 Å². The molecule has 0 bridgehead atoms. The summed E-state index contributed by atoms with van der Waals surface area (Å²) in [6.45, 7) is 8.01. The van der Waals surface area contributed by atoms with E-state index in [2.05, 4.69) is 16.9 Å². The molecular formula is C12H19Cl2N3. The number of alkyl halides is 1. The van der Waals surface area contributed by atoms with Crippen molar-refractivity contribution in [3.8, 4) is 0 Å². The quantitative estimate of drug-likeness (QED) is 0.788. The van der Waals surface area contributed by atoms with Crippen molar-refractivity contribution >= 4 is 23.2 Å². The minimum atomic E-state index is 0.634. The number of nitrogens with zero attached hydrogens (tertiary/aromatic N) is 3. The Morgan fingerprint density at radius 2 is 2.24 bits per heavy atom. The SMILES string of the molecule is CCn1nc(C)c(Cl)c1CN1CCC(CCl)C1. The molecule has 0 spiro atoms. The van der Waals surface area contributed by atoms with Crippen molar-refractivity contribution in [2.45, 2.75) is 33.4 Å². The van der Waals surface area contributed by atoms with Crippen LogP contribution in [0, 0.1) is 12.8 Å². The van der Waals surface area contributed by atoms with Crippen LogP contribution in [0.1, 0.15) is 24.7 Å². The molecular weight excluding hydrogens is 257 g/mol. The maximum atomic E-state index is 6.31. The Balaban J connectivity index is 2.08. The molecule has 17 heavy (non-hydrogen) atoms. The molecule has 1 aliphatic heterocycles. The van der Waals surface area contributed by atoms with E-state index in [1.165, 1.54) is 6.42 Å². The molecule has 0 radical (unpaired) electrons. The van der Waals surface area contributed by atoms with E-state index in [0.29, 0.717) is 5.92 Å². The van der Waals surface area contributed by atoms with E-state index in [0.717, 1.165) is 48.5 Å². The van der Waals surface area contributed by atoms with Crippen molar-refractivity contribution in [1.82, 2.24) is 14.7 Å². The fourth-order valence-electron chi connectivity index (χ4n) is 2.41. The molecule has 0 aromatic carbocycles. The second kappa shape index (κ2) is 5.59. The standard InChI is InChI=1S/C12H19Cl2N3/c1-3-17-11(12(14)9(2)15-17)8-16-5-4-10(6-13)7-16/h10H,3-8H2,1-2H3. The number of halogens is 2. The lowest BCUT2D eigenvalue weighted by Crippen LogP contribution is -2.22. The molecule has 1 saturated heterocycles. The summed E-state index contributed by atoms with van der Waals surface area (Å²) in [4.78, 5) is 2.42. The van der Waals surface area contributed by atoms with Crippen LogP contribution in [0.2, 0.25) is 5.02 Å². The molecule has 0 saturated carbocycles. The second-order valence-corrected chi connectivity index (χ2v) is 5.39. The first kappa shape index (κ1) is 13.2. The first-order valence-electron chi connectivity index (χ1n) is 6.15. The molecule has 1 unspecified atom stereocenters. The highest BCUT2D eigenvalue weighted by Gasteiger charge is 2.24. The van der Waals surface area contributed by atoms with Gasteiger partial charge in [-0.25, -0.2) is 0 Å². The topological polar surface area (TPSA) is 21.1 Å². The normalized spacial score (nSPS) is 21.3. The summed E-state index contributed by atoms with van der Waals surface area (Å²) < 4.78 is 2.01. The molecule has 0 N–H and O–H groups in total. The summed E-state index contributed by atoms with van der Waals surface area (Å²) in [5.41, 5.74) is 2.07. The van der Waals surface area contributed by atoms with Crippen LogP contribution in [-0.4, -0.2) is 33.6 Å². The first-order chi connectivity index (χ1) is 8.15. The molecule has 1 fully saturated rings. The Kier molecular flexibility index (Phi) is 4.34. The number of hydrogen-bond acceptors (Lipinski definition) is 2. The van der Waals surface area contributed by atoms with Gasteiger partial charge < -0.3 is 0 Å². The molecule has 1 aliphatic rings. The second-order valence-electron chi connectivity index (χ2n) is 4.71. The Bertz CT molecular complexity index is 389. The van der Waals surface area contributed by atoms with Crippen LogP contribution in [0.5, 0.6) is 0 Å². The predicted molar refractivity (Wildman–Crippen MR) is 71.8 cm³/mol. The summed E-state index contributed by atoms with van der Waals surface area (Å²) in [5, 5.41) is 5.26. The average molecular weight is 276 g/mol. The van der Waals surface area contributed by atoms with Crippen LogP contribution in [0.25, 0.3) is 0 Å². The fraction of sp³-hybridized carbons (Fsp3) is 0.750. The van der Waals surface area contributed by atoms with Crippen LogP contribution in [0.15, 0.2) is 0 Å². The van der Waals surface area contributed by atoms with E-state index in [1.54, 1.807) is 0 Å². The van der Waals surface area contributed by atoms with Crippen molar-refractivity contribution in [2.24, 2.45) is 5.92 Å². The van der Waals surface area contributed by atoms with Gasteiger partial charge in [-0.1, -0.05) is 11.6 Å². The number of rotatable bonds is 4. The molecule has 1 atom stereocenters. The highest BCUT2D eigenvalue weighted by atomic mass is 35.5. The molecule has 0 amide bonds. The number of aromatic nitrogens is 2. The van der Waals surface area contributed by atoms with Gasteiger partial charge in [-0.2, -0.15) is 5.10 Å². The molecule has 5 heteroatoms. The van der Waals surface area contributed by atoms with Crippen molar-refractivity contribution in [1.29, 1.82) is 0 Å². The lowest BCUT2D eigenvalue weighted by molar-refractivity contribution is 0.309. The minimum absolute atomic E-state index is 0.634. The van der Waals surface area contributed by atoms with E-state index in [1.807, 2.05) is 11.6 Å². The Morgan fingerprint density at radius 3 is 2.82 bits per heavy atom. The number of hydrogen-bond donors (Lipinski definition) is 0. The van der Waals surface area contributed by atoms with Gasteiger partial charge in [-0.15, -0.1) is 11.6 Å². The minimum Gasteiger partial charge on any atom is -0.297 e. The Morgan fingerprint density at radius 1 is 1.47 bits per heavy atom. The molecule has 2 heterocycles. The number of aryl methyl sites for hydroxylation is 2. The largest absolute Gasteiger partial charge is 0.297 e. The summed E-state index contributed by atoms with van der Waals surface area (Å²) in [7, 11) is 0. The summed E-state index contributed by atoms with van der Waals surface area (Å²) >= 11 is 12.2. The van der Waals surface area contributed by atoms with Crippen molar-refractivity contribution in [3.05, 3.63) is 16.4 Å². The zero-order valence-electron chi connectivity index (χ0n) is 10.4. The number of likely N-dealkylation sites (tertiary alicyclic amines) is 1. The zero-order chi connectivity index (χ0) is 12.4. The average Bonchev–Trinajstić information content (AvgIpc) is 2.89. The highest BCUT2D eigenvalue weighted by molar-refractivity contribution is 6.31. The van der Waals surface area contributed by atoms with E-state index in [9.17, 15) is 0 Å². The zero-order valence-corrected chi connectivity index (χ0v) is 11.9. The van der Waals surface area contributed by atoms with Gasteiger partial charge in [0.1, 0.15) is 0 Å². The van der Waals surface area contributed by atoms with E-state index in [-0.39, 0.29) is 0 Å². The van der Waals surface area contributed by atoms with Gasteiger partial charge in [0.25, 0.3) is 0 Å². The van der Waals surface area contributed by atoms with Crippen LogP contribution < -0.4 is 0 Å². The molecule has 1 aromatic rings. The molecule has 1 aromatic heterocycles. The Labute approximate surface area is 113 Å². The van der Waals surface area contributed by atoms with Gasteiger partial charge in [0.05, 0.1) is 16.4 Å². The van der Waals surface area contributed by atoms with Gasteiger partial charge in [0.2, 0.25) is 0 Å². The maximum Gasteiger partial charge on any atom is 0.0860 e. The first-order valence-corrected chi connectivity index (χ1v) is 7.07. The monoisotopic (exact) mass is 275 g/mol. The summed E-state index contributed by atoms with van der Waals surface area (Å²) in [6, 6.07) is 0. The third-order valence-electron chi connectivity index (χ3n) is 3.41. The predicted octanol–water partition coefficient (Wildman–Crippen LogP) is 2.93. The van der Waals surface area contributed by atoms with Crippen LogP contribution >= 0.6 is 23.2 Å². The lowest BCUT2D eigenvalue weighted by atomic mass is 10.2. The van der Waals surface area contributed by atoms with Gasteiger partial charge in [-0.05, 0) is 32.7 Å². The van der Waals surface area contributed by atoms with Crippen LogP contribution in [0.3, 0.4) is 0 Å². The Hall–Kier alpha value is -0.250. The van der Waals surface area contributed by atoms with Crippen LogP contribution in [0.4, 0.5) is 0 Å². The van der Waals surface area contributed by atoms with Gasteiger partial charge in [0, 0.05) is 25.5 Å². The van der Waals surface area contributed by atoms with Gasteiger partial charge >= 0.3 is 0 Å². The van der Waals surface area contributed by atoms with Gasteiger partial charge in [0.15, 0.2) is 0 Å². The summed E-state index contributed by atoms with van der Waals surface area (Å²) in [6.07, 6.45) is 1.19. The molecule has 3 nitrogen and oxygen atoms in total. The molecule has 0 aliphatic carbocycles. The van der Waals surface area contributed by atoms with Crippen molar-refractivity contribution in [3.63, 3.8) is 0 Å². The van der Waals surface area contributed by atoms with E-state index in [4.69, 9.17) is 23.2 Å². The fourth-order valence-corrected chi connectivity index (χ4v) is 2.86. The third kappa shape index (κ3) is 2.78. The smallest absolute Gasteiger partial charge is 0.0860 e. The van der Waals surface area contributed by atoms with E-state index >= 15 is 0 Å².